The maximum absolute atomic E-state index is 14.1. The number of thiol groups is 1. The van der Waals surface area contributed by atoms with Crippen LogP contribution < -0.4 is 5.14 Å². The third kappa shape index (κ3) is 4.28. The second-order valence-electron chi connectivity index (χ2n) is 5.70. The zero-order chi connectivity index (χ0) is 19.9. The van der Waals surface area contributed by atoms with E-state index in [1.807, 2.05) is 0 Å². The lowest BCUT2D eigenvalue weighted by Gasteiger charge is -2.11. The van der Waals surface area contributed by atoms with Crippen molar-refractivity contribution in [3.05, 3.63) is 70.2 Å². The van der Waals surface area contributed by atoms with Gasteiger partial charge in [-0.15, -0.1) is 12.6 Å². The SMILES string of the molecule is NS(=O)(=O)c1c(F)cc(-c2ccc(-c3cc(Cl)cc(Cl)c3)c(S)c2)cc1F. The van der Waals surface area contributed by atoms with Crippen molar-refractivity contribution in [2.45, 2.75) is 9.79 Å². The number of primary sulfonamides is 1. The zero-order valence-electron chi connectivity index (χ0n) is 13.4. The van der Waals surface area contributed by atoms with Crippen LogP contribution in [0, 0.1) is 11.6 Å². The summed E-state index contributed by atoms with van der Waals surface area (Å²) in [7, 11) is -4.51. The molecule has 27 heavy (non-hydrogen) atoms. The van der Waals surface area contributed by atoms with E-state index >= 15 is 0 Å². The Kier molecular flexibility index (Phi) is 5.52. The summed E-state index contributed by atoms with van der Waals surface area (Å²) in [5.74, 6) is -2.53. The first-order valence-corrected chi connectivity index (χ1v) is 10.1. The number of hydrogen-bond donors (Lipinski definition) is 2. The van der Waals surface area contributed by atoms with Gasteiger partial charge in [0.2, 0.25) is 10.0 Å². The third-order valence-corrected chi connectivity index (χ3v) is 5.55. The summed E-state index contributed by atoms with van der Waals surface area (Å²) in [6, 6.07) is 11.7. The van der Waals surface area contributed by atoms with Gasteiger partial charge in [0.05, 0.1) is 0 Å². The van der Waals surface area contributed by atoms with Crippen LogP contribution in [0.25, 0.3) is 22.3 Å². The zero-order valence-corrected chi connectivity index (χ0v) is 16.6. The van der Waals surface area contributed by atoms with Crippen LogP contribution in [0.1, 0.15) is 0 Å². The molecule has 0 saturated carbocycles. The van der Waals surface area contributed by atoms with Gasteiger partial charge in [0.25, 0.3) is 0 Å². The maximum Gasteiger partial charge on any atom is 0.243 e. The number of sulfonamides is 1. The third-order valence-electron chi connectivity index (χ3n) is 3.79. The highest BCUT2D eigenvalue weighted by molar-refractivity contribution is 7.89. The highest BCUT2D eigenvalue weighted by Crippen LogP contribution is 2.35. The Labute approximate surface area is 170 Å². The number of halogens is 4. The van der Waals surface area contributed by atoms with E-state index in [9.17, 15) is 17.2 Å². The van der Waals surface area contributed by atoms with Gasteiger partial charge in [0, 0.05) is 14.9 Å². The van der Waals surface area contributed by atoms with Crippen molar-refractivity contribution in [1.82, 2.24) is 0 Å². The molecule has 0 spiro atoms. The van der Waals surface area contributed by atoms with Crippen LogP contribution in [0.5, 0.6) is 0 Å². The highest BCUT2D eigenvalue weighted by atomic mass is 35.5. The van der Waals surface area contributed by atoms with E-state index in [0.29, 0.717) is 26.1 Å². The molecule has 0 saturated heterocycles. The molecule has 0 aliphatic heterocycles. The summed E-state index contributed by atoms with van der Waals surface area (Å²) in [4.78, 5) is -0.648. The number of nitrogens with two attached hydrogens (primary N) is 1. The molecule has 0 aliphatic carbocycles. The Bertz CT molecular complexity index is 1120. The van der Waals surface area contributed by atoms with Crippen molar-refractivity contribution in [1.29, 1.82) is 0 Å². The molecular weight excluding hydrogens is 435 g/mol. The summed E-state index contributed by atoms with van der Waals surface area (Å²) in [6.45, 7) is 0. The molecule has 0 aliphatic rings. The fourth-order valence-corrected chi connectivity index (χ4v) is 4.19. The van der Waals surface area contributed by atoms with Crippen LogP contribution in [0.3, 0.4) is 0 Å². The average Bonchev–Trinajstić information content (AvgIpc) is 2.51. The summed E-state index contributed by atoms with van der Waals surface area (Å²) >= 11 is 16.5. The van der Waals surface area contributed by atoms with Gasteiger partial charge in [-0.3, -0.25) is 0 Å². The van der Waals surface area contributed by atoms with Gasteiger partial charge in [-0.05, 0) is 58.7 Å². The second-order valence-corrected chi connectivity index (χ2v) is 8.56. The molecule has 0 amide bonds. The Morgan fingerprint density at radius 3 is 1.85 bits per heavy atom. The molecule has 9 heteroatoms. The van der Waals surface area contributed by atoms with Crippen molar-refractivity contribution < 1.29 is 17.2 Å². The Balaban J connectivity index is 2.09. The van der Waals surface area contributed by atoms with Crippen LogP contribution in [-0.2, 0) is 10.0 Å². The van der Waals surface area contributed by atoms with Crippen LogP contribution >= 0.6 is 35.8 Å². The smallest absolute Gasteiger partial charge is 0.224 e. The standard InChI is InChI=1S/C18H11Cl2F2NO2S2/c19-12-3-11(4-13(20)8-12)14-2-1-9(7-17(14)26)10-5-15(21)18(16(22)6-10)27(23,24)25/h1-8,26H,(H2,23,24,25). The van der Waals surface area contributed by atoms with Crippen molar-refractivity contribution >= 4 is 45.9 Å². The van der Waals surface area contributed by atoms with Crippen molar-refractivity contribution in [3.63, 3.8) is 0 Å². The molecule has 0 aromatic heterocycles. The van der Waals surface area contributed by atoms with Gasteiger partial charge < -0.3 is 0 Å². The van der Waals surface area contributed by atoms with E-state index in [-0.39, 0.29) is 5.56 Å². The molecule has 3 aromatic rings. The monoisotopic (exact) mass is 445 g/mol. The lowest BCUT2D eigenvalue weighted by Crippen LogP contribution is -2.16. The van der Waals surface area contributed by atoms with E-state index in [1.54, 1.807) is 36.4 Å². The molecule has 0 atom stereocenters. The predicted octanol–water partition coefficient (Wildman–Crippen LogP) is 5.54. The molecule has 0 unspecified atom stereocenters. The first kappa shape index (κ1) is 20.1. The summed E-state index contributed by atoms with van der Waals surface area (Å²) in [6.07, 6.45) is 0. The van der Waals surface area contributed by atoms with Gasteiger partial charge in [0.1, 0.15) is 11.6 Å². The fourth-order valence-electron chi connectivity index (χ4n) is 2.66. The van der Waals surface area contributed by atoms with Gasteiger partial charge in [-0.1, -0.05) is 35.3 Å². The fraction of sp³-hybridized carbons (Fsp3) is 0. The minimum Gasteiger partial charge on any atom is -0.224 e. The molecule has 3 aromatic carbocycles. The van der Waals surface area contributed by atoms with Crippen LogP contribution in [0.4, 0.5) is 8.78 Å². The average molecular weight is 446 g/mol. The summed E-state index contributed by atoms with van der Waals surface area (Å²) < 4.78 is 50.8. The Morgan fingerprint density at radius 2 is 1.37 bits per heavy atom. The minimum atomic E-state index is -4.51. The normalized spacial score (nSPS) is 11.6. The van der Waals surface area contributed by atoms with Crippen LogP contribution in [0.2, 0.25) is 10.0 Å². The van der Waals surface area contributed by atoms with Gasteiger partial charge in [-0.2, -0.15) is 0 Å². The lowest BCUT2D eigenvalue weighted by molar-refractivity contribution is 0.520. The first-order valence-electron chi connectivity index (χ1n) is 7.38. The molecular formula is C18H11Cl2F2NO2S2. The summed E-state index contributed by atoms with van der Waals surface area (Å²) in [5, 5.41) is 5.75. The maximum atomic E-state index is 14.1. The van der Waals surface area contributed by atoms with E-state index in [1.165, 1.54) is 0 Å². The summed E-state index contributed by atoms with van der Waals surface area (Å²) in [5.41, 5.74) is 2.03. The van der Waals surface area contributed by atoms with E-state index in [2.05, 4.69) is 12.6 Å². The van der Waals surface area contributed by atoms with Gasteiger partial charge in [0.15, 0.2) is 4.90 Å². The van der Waals surface area contributed by atoms with E-state index in [4.69, 9.17) is 28.3 Å². The Morgan fingerprint density at radius 1 is 0.815 bits per heavy atom. The molecule has 2 N–H and O–H groups in total. The minimum absolute atomic E-state index is 0.142. The van der Waals surface area contributed by atoms with Gasteiger partial charge >= 0.3 is 0 Å². The van der Waals surface area contributed by atoms with Crippen molar-refractivity contribution in [2.24, 2.45) is 5.14 Å². The highest BCUT2D eigenvalue weighted by Gasteiger charge is 2.21. The molecule has 0 radical (unpaired) electrons. The first-order chi connectivity index (χ1) is 12.6. The van der Waals surface area contributed by atoms with Crippen molar-refractivity contribution in [3.8, 4) is 22.3 Å². The number of rotatable bonds is 3. The van der Waals surface area contributed by atoms with E-state index < -0.39 is 26.6 Å². The molecule has 3 nitrogen and oxygen atoms in total. The molecule has 0 fully saturated rings. The van der Waals surface area contributed by atoms with Crippen LogP contribution in [0.15, 0.2) is 58.3 Å². The largest absolute Gasteiger partial charge is 0.243 e. The number of hydrogen-bond acceptors (Lipinski definition) is 3. The second kappa shape index (κ2) is 7.41. The predicted molar refractivity (Wildman–Crippen MR) is 106 cm³/mol. The molecule has 140 valence electrons. The van der Waals surface area contributed by atoms with Crippen molar-refractivity contribution in [2.75, 3.05) is 0 Å². The lowest BCUT2D eigenvalue weighted by atomic mass is 10.00. The van der Waals surface area contributed by atoms with E-state index in [0.717, 1.165) is 17.7 Å². The van der Waals surface area contributed by atoms with Gasteiger partial charge in [-0.25, -0.2) is 22.3 Å². The number of benzene rings is 3. The molecule has 0 bridgehead atoms. The molecule has 3 rings (SSSR count). The Hall–Kier alpha value is -1.64. The van der Waals surface area contributed by atoms with Crippen LogP contribution in [-0.4, -0.2) is 8.42 Å². The quantitative estimate of drug-likeness (QED) is 0.519. The topological polar surface area (TPSA) is 60.2 Å². The molecule has 0 heterocycles.